The third-order valence-corrected chi connectivity index (χ3v) is 4.66. The molecular formula is C20H28N4O3S. The monoisotopic (exact) mass is 404 g/mol. The van der Waals surface area contributed by atoms with Crippen molar-refractivity contribution in [3.05, 3.63) is 42.1 Å². The van der Waals surface area contributed by atoms with Crippen LogP contribution < -0.4 is 15.4 Å². The number of aliphatic hydroxyl groups excluding tert-OH is 1. The van der Waals surface area contributed by atoms with Crippen molar-refractivity contribution in [1.29, 1.82) is 0 Å². The van der Waals surface area contributed by atoms with Crippen LogP contribution in [0.3, 0.4) is 0 Å². The van der Waals surface area contributed by atoms with Gasteiger partial charge in [0.1, 0.15) is 6.61 Å². The first-order valence-corrected chi connectivity index (χ1v) is 9.83. The Kier molecular flexibility index (Phi) is 8.53. The summed E-state index contributed by atoms with van der Waals surface area (Å²) >= 11 is 4.76. The fraction of sp³-hybridized carbons (Fsp3) is 0.450. The number of nitrogens with zero attached hydrogens (tertiary/aromatic N) is 2. The molecular weight excluding hydrogens is 376 g/mol. The number of nitrogens with one attached hydrogen (secondary N) is 2. The standard InChI is InChI=1S/C20H28N4O3S/c1-3-4-10-20(28,11-12-25)24-18-17(13-21-19(23-18)22-15(2)26)27-14-16-8-6-5-7-9-16/h5-9,13,25,28H,3-4,10-12,14H2,1-2H3,(H2,21,22,23,24,26)/t20-/m0/s1. The molecule has 0 aliphatic rings. The summed E-state index contributed by atoms with van der Waals surface area (Å²) in [4.78, 5) is 19.2. The number of hydrogen-bond donors (Lipinski definition) is 4. The molecule has 1 atom stereocenters. The molecule has 8 heteroatoms. The van der Waals surface area contributed by atoms with E-state index in [0.717, 1.165) is 24.8 Å². The molecule has 0 aliphatic heterocycles. The Balaban J connectivity index is 2.26. The van der Waals surface area contributed by atoms with Crippen LogP contribution in [0.4, 0.5) is 11.8 Å². The molecule has 152 valence electrons. The maximum atomic E-state index is 11.4. The zero-order chi connectivity index (χ0) is 20.4. The Bertz CT molecular complexity index is 760. The van der Waals surface area contributed by atoms with Gasteiger partial charge in [0, 0.05) is 20.0 Å². The molecule has 0 bridgehead atoms. The largest absolute Gasteiger partial charge is 0.483 e. The van der Waals surface area contributed by atoms with Crippen LogP contribution in [-0.4, -0.2) is 32.5 Å². The average Bonchev–Trinajstić information content (AvgIpc) is 2.66. The normalized spacial score (nSPS) is 12.9. The summed E-state index contributed by atoms with van der Waals surface area (Å²) in [6.07, 6.45) is 4.66. The Morgan fingerprint density at radius 1 is 1.29 bits per heavy atom. The van der Waals surface area contributed by atoms with Crippen LogP contribution in [0.5, 0.6) is 5.75 Å². The van der Waals surface area contributed by atoms with Gasteiger partial charge in [-0.1, -0.05) is 50.1 Å². The summed E-state index contributed by atoms with van der Waals surface area (Å²) < 4.78 is 5.92. The summed E-state index contributed by atoms with van der Waals surface area (Å²) in [5, 5.41) is 15.3. The number of ether oxygens (including phenoxy) is 1. The minimum Gasteiger partial charge on any atom is -0.483 e. The van der Waals surface area contributed by atoms with E-state index in [9.17, 15) is 9.90 Å². The topological polar surface area (TPSA) is 96.4 Å². The lowest BCUT2D eigenvalue weighted by atomic mass is 10.1. The molecule has 28 heavy (non-hydrogen) atoms. The number of carbonyl (C=O) groups excluding carboxylic acids is 1. The van der Waals surface area contributed by atoms with Gasteiger partial charge in [-0.3, -0.25) is 10.1 Å². The number of benzene rings is 1. The molecule has 1 heterocycles. The predicted octanol–water partition coefficient (Wildman–Crippen LogP) is 3.62. The van der Waals surface area contributed by atoms with Crippen molar-refractivity contribution in [2.75, 3.05) is 17.2 Å². The Labute approximate surface area is 171 Å². The Morgan fingerprint density at radius 2 is 2.04 bits per heavy atom. The number of unbranched alkanes of at least 4 members (excludes halogenated alkanes) is 1. The van der Waals surface area contributed by atoms with E-state index in [1.54, 1.807) is 0 Å². The van der Waals surface area contributed by atoms with Crippen LogP contribution in [0.1, 0.15) is 45.1 Å². The molecule has 7 nitrogen and oxygen atoms in total. The molecule has 1 amide bonds. The smallest absolute Gasteiger partial charge is 0.231 e. The molecule has 0 aliphatic carbocycles. The molecule has 0 saturated heterocycles. The number of thiol groups is 1. The maximum absolute atomic E-state index is 11.4. The van der Waals surface area contributed by atoms with Gasteiger partial charge >= 0.3 is 0 Å². The quantitative estimate of drug-likeness (QED) is 0.337. The third kappa shape index (κ3) is 7.01. The SMILES string of the molecule is CCCC[C@](S)(CCO)Nc1nc(NC(C)=O)ncc1OCc1ccccc1. The molecule has 0 unspecified atom stereocenters. The number of aromatic nitrogens is 2. The second-order valence-corrected chi connectivity index (χ2v) is 7.45. The molecule has 1 aromatic heterocycles. The number of anilines is 2. The first kappa shape index (κ1) is 22.0. The van der Waals surface area contributed by atoms with Gasteiger partial charge in [0.05, 0.1) is 11.1 Å². The van der Waals surface area contributed by atoms with E-state index >= 15 is 0 Å². The van der Waals surface area contributed by atoms with E-state index < -0.39 is 4.87 Å². The van der Waals surface area contributed by atoms with Crippen molar-refractivity contribution in [1.82, 2.24) is 9.97 Å². The Morgan fingerprint density at radius 3 is 2.68 bits per heavy atom. The van der Waals surface area contributed by atoms with Crippen LogP contribution in [0.15, 0.2) is 36.5 Å². The molecule has 0 spiro atoms. The highest BCUT2D eigenvalue weighted by molar-refractivity contribution is 7.82. The van der Waals surface area contributed by atoms with E-state index in [1.165, 1.54) is 13.1 Å². The van der Waals surface area contributed by atoms with Gasteiger partial charge < -0.3 is 15.2 Å². The molecule has 1 aromatic carbocycles. The fourth-order valence-electron chi connectivity index (χ4n) is 2.64. The lowest BCUT2D eigenvalue weighted by Gasteiger charge is -2.30. The van der Waals surface area contributed by atoms with Gasteiger partial charge in [-0.2, -0.15) is 17.6 Å². The van der Waals surface area contributed by atoms with Crippen molar-refractivity contribution >= 4 is 30.3 Å². The zero-order valence-electron chi connectivity index (χ0n) is 16.3. The Hall–Kier alpha value is -2.32. The van der Waals surface area contributed by atoms with Crippen molar-refractivity contribution < 1.29 is 14.6 Å². The fourth-order valence-corrected chi connectivity index (χ4v) is 3.01. The molecule has 0 radical (unpaired) electrons. The summed E-state index contributed by atoms with van der Waals surface area (Å²) in [5.41, 5.74) is 1.01. The van der Waals surface area contributed by atoms with Crippen molar-refractivity contribution in [3.63, 3.8) is 0 Å². The summed E-state index contributed by atoms with van der Waals surface area (Å²) in [7, 11) is 0. The average molecular weight is 405 g/mol. The van der Waals surface area contributed by atoms with Crippen molar-refractivity contribution in [3.8, 4) is 5.75 Å². The summed E-state index contributed by atoms with van der Waals surface area (Å²) in [6.45, 7) is 3.84. The molecule has 0 fully saturated rings. The number of amides is 1. The van der Waals surface area contributed by atoms with E-state index in [0.29, 0.717) is 24.6 Å². The van der Waals surface area contributed by atoms with Crippen LogP contribution in [0.2, 0.25) is 0 Å². The molecule has 2 aromatic rings. The first-order chi connectivity index (χ1) is 13.5. The number of aliphatic hydroxyl groups is 1. The number of rotatable bonds is 11. The highest BCUT2D eigenvalue weighted by atomic mass is 32.1. The van der Waals surface area contributed by atoms with E-state index in [2.05, 4.69) is 27.5 Å². The van der Waals surface area contributed by atoms with E-state index in [4.69, 9.17) is 17.4 Å². The van der Waals surface area contributed by atoms with Crippen molar-refractivity contribution in [2.45, 2.75) is 51.0 Å². The highest BCUT2D eigenvalue weighted by Crippen LogP contribution is 2.32. The second kappa shape index (κ2) is 10.9. The first-order valence-electron chi connectivity index (χ1n) is 9.38. The van der Waals surface area contributed by atoms with Gasteiger partial charge in [0.25, 0.3) is 0 Å². The van der Waals surface area contributed by atoms with Crippen LogP contribution in [-0.2, 0) is 11.4 Å². The highest BCUT2D eigenvalue weighted by Gasteiger charge is 2.26. The molecule has 3 N–H and O–H groups in total. The van der Waals surface area contributed by atoms with Gasteiger partial charge in [-0.05, 0) is 12.0 Å². The zero-order valence-corrected chi connectivity index (χ0v) is 17.2. The van der Waals surface area contributed by atoms with Crippen molar-refractivity contribution in [2.24, 2.45) is 0 Å². The lowest BCUT2D eigenvalue weighted by molar-refractivity contribution is -0.114. The van der Waals surface area contributed by atoms with Gasteiger partial charge in [0.15, 0.2) is 11.6 Å². The summed E-state index contributed by atoms with van der Waals surface area (Å²) in [6, 6.07) is 9.77. The van der Waals surface area contributed by atoms with E-state index in [1.807, 2.05) is 30.3 Å². The number of carbonyl (C=O) groups is 1. The van der Waals surface area contributed by atoms with Crippen LogP contribution in [0, 0.1) is 0 Å². The second-order valence-electron chi connectivity index (χ2n) is 6.60. The lowest BCUT2D eigenvalue weighted by Crippen LogP contribution is -2.34. The van der Waals surface area contributed by atoms with Gasteiger partial charge in [-0.15, -0.1) is 0 Å². The van der Waals surface area contributed by atoms with Crippen LogP contribution >= 0.6 is 12.6 Å². The van der Waals surface area contributed by atoms with Crippen LogP contribution in [0.25, 0.3) is 0 Å². The van der Waals surface area contributed by atoms with Gasteiger partial charge in [0.2, 0.25) is 11.9 Å². The maximum Gasteiger partial charge on any atom is 0.231 e. The van der Waals surface area contributed by atoms with Gasteiger partial charge in [-0.25, -0.2) is 4.98 Å². The summed E-state index contributed by atoms with van der Waals surface area (Å²) in [5.74, 6) is 0.791. The predicted molar refractivity (Wildman–Crippen MR) is 114 cm³/mol. The molecule has 0 saturated carbocycles. The third-order valence-electron chi connectivity index (χ3n) is 4.10. The molecule has 2 rings (SSSR count). The minimum absolute atomic E-state index is 0.00986. The minimum atomic E-state index is -0.655. The van der Waals surface area contributed by atoms with E-state index in [-0.39, 0.29) is 18.5 Å². The number of hydrogen-bond acceptors (Lipinski definition) is 7.